The van der Waals surface area contributed by atoms with Gasteiger partial charge in [0.05, 0.1) is 28.4 Å². The van der Waals surface area contributed by atoms with Crippen molar-refractivity contribution in [1.82, 2.24) is 0 Å². The van der Waals surface area contributed by atoms with E-state index in [0.29, 0.717) is 45.6 Å². The first kappa shape index (κ1) is 61.9. The summed E-state index contributed by atoms with van der Waals surface area (Å²) in [5, 5.41) is 31.0. The van der Waals surface area contributed by atoms with E-state index in [9.17, 15) is 19.8 Å². The van der Waals surface area contributed by atoms with Crippen molar-refractivity contribution < 1.29 is 43.5 Å². The van der Waals surface area contributed by atoms with Crippen LogP contribution in [-0.2, 0) is 46.5 Å². The summed E-state index contributed by atoms with van der Waals surface area (Å²) in [7, 11) is 6.61. The molecule has 1 heterocycles. The molecule has 0 saturated heterocycles. The van der Waals surface area contributed by atoms with Gasteiger partial charge in [0, 0.05) is 64.2 Å². The lowest BCUT2D eigenvalue weighted by molar-refractivity contribution is -0.115. The summed E-state index contributed by atoms with van der Waals surface area (Å²) in [6.07, 6.45) is 18.2. The van der Waals surface area contributed by atoms with E-state index >= 15 is 0 Å². The van der Waals surface area contributed by atoms with Crippen LogP contribution in [0.4, 0.5) is 11.4 Å². The van der Waals surface area contributed by atoms with E-state index in [1.807, 2.05) is 84.9 Å². The molecule has 3 aliphatic rings. The number of phenols is 1. The van der Waals surface area contributed by atoms with E-state index in [1.54, 1.807) is 71.8 Å². The fourth-order valence-electron chi connectivity index (χ4n) is 12.1. The number of methoxy groups -OCH3 is 4. The summed E-state index contributed by atoms with van der Waals surface area (Å²) in [6.45, 7) is 4.66. The third-order valence-electron chi connectivity index (χ3n) is 16.3. The van der Waals surface area contributed by atoms with Crippen molar-refractivity contribution in [2.75, 3.05) is 39.1 Å². The summed E-state index contributed by atoms with van der Waals surface area (Å²) in [5.41, 5.74) is 12.9. The number of carbonyl (C=O) groups excluding carboxylic acids is 2. The number of aryl methyl sites for hydroxylation is 2. The summed E-state index contributed by atoms with van der Waals surface area (Å²) in [5.74, 6) is 13.3. The molecule has 0 fully saturated rings. The van der Waals surface area contributed by atoms with Crippen molar-refractivity contribution in [2.24, 2.45) is 0 Å². The minimum absolute atomic E-state index is 0.103. The summed E-state index contributed by atoms with van der Waals surface area (Å²) in [6, 6.07) is 61.1. The number of terminal acetylenes is 2. The molecule has 4 N–H and O–H groups in total. The highest BCUT2D eigenvalue weighted by atomic mass is 16.5. The van der Waals surface area contributed by atoms with Gasteiger partial charge < -0.3 is 44.5 Å². The Labute approximate surface area is 525 Å². The first-order chi connectivity index (χ1) is 43.7. The number of carbonyl (C=O) groups is 2. The van der Waals surface area contributed by atoms with Crippen molar-refractivity contribution >= 4 is 50.8 Å². The number of hydrogen-bond donors (Lipinski definition) is 4. The van der Waals surface area contributed by atoms with Crippen molar-refractivity contribution in [3.05, 3.63) is 244 Å². The summed E-state index contributed by atoms with van der Waals surface area (Å²) in [4.78, 5) is 22.7. The highest BCUT2D eigenvalue weighted by Gasteiger charge is 2.40. The predicted octanol–water partition coefficient (Wildman–Crippen LogP) is 15.4. The van der Waals surface area contributed by atoms with Crippen LogP contribution in [0.25, 0.3) is 49.9 Å². The zero-order valence-corrected chi connectivity index (χ0v) is 51.3. The largest absolute Gasteiger partial charge is 0.508 e. The number of fused-ring (bicyclic) bond motifs is 13. The number of amides is 2. The number of rotatable bonds is 10. The molecule has 0 spiro atoms. The van der Waals surface area contributed by atoms with Gasteiger partial charge >= 0.3 is 0 Å². The van der Waals surface area contributed by atoms with Crippen LogP contribution in [0.3, 0.4) is 0 Å². The lowest BCUT2D eigenvalue weighted by atomic mass is 9.78. The van der Waals surface area contributed by atoms with E-state index in [0.717, 1.165) is 86.5 Å². The van der Waals surface area contributed by atoms with Gasteiger partial charge in [0.2, 0.25) is 11.8 Å². The number of ether oxygens (including phenoxy) is 5. The molecule has 10 aromatic rings. The first-order valence-electron chi connectivity index (χ1n) is 29.4. The van der Waals surface area contributed by atoms with E-state index in [1.165, 1.54) is 47.2 Å². The predicted molar refractivity (Wildman–Crippen MR) is 360 cm³/mol. The molecule has 0 radical (unpaired) electrons. The molecule has 2 unspecified atom stereocenters. The highest BCUT2D eigenvalue weighted by Crippen LogP contribution is 2.54. The zero-order chi connectivity index (χ0) is 63.5. The van der Waals surface area contributed by atoms with Gasteiger partial charge in [-0.1, -0.05) is 145 Å². The maximum absolute atomic E-state index is 11.7. The zero-order valence-electron chi connectivity index (χ0n) is 51.3. The van der Waals surface area contributed by atoms with E-state index in [2.05, 4.69) is 113 Å². The van der Waals surface area contributed by atoms with Crippen LogP contribution in [0.5, 0.6) is 34.5 Å². The topological polar surface area (TPSA) is 145 Å². The SMILES string of the molecule is C#CC#CC.C#CC(O)(c1ccccc1)c1ccc(NC(C)=O)cc1.COc1cc2c3c(c4c(c2cc1OC)-c1ccccc1CC4)OC(c1ccccc1)(c1ccc(NC(C)=O)cc1)C=C3.COc1cc2cc(O)c3c(c2cc1OC)-c1ccccc1CC3. The van der Waals surface area contributed by atoms with Crippen LogP contribution in [0.1, 0.15) is 70.8 Å². The number of aromatic hydroxyl groups is 1. The molecule has 0 saturated carbocycles. The van der Waals surface area contributed by atoms with Crippen molar-refractivity contribution in [3.8, 4) is 93.3 Å². The molecule has 2 aliphatic carbocycles. The minimum atomic E-state index is -1.48. The second kappa shape index (κ2) is 27.3. The van der Waals surface area contributed by atoms with Crippen LogP contribution in [0.15, 0.2) is 194 Å². The van der Waals surface area contributed by atoms with Gasteiger partial charge in [0.25, 0.3) is 0 Å². The molecule has 13 rings (SSSR count). The van der Waals surface area contributed by atoms with Crippen molar-refractivity contribution in [3.63, 3.8) is 0 Å². The number of phenolic OH excluding ortho intramolecular Hbond substituents is 1. The number of aliphatic hydroxyl groups is 1. The van der Waals surface area contributed by atoms with E-state index < -0.39 is 11.2 Å². The number of hydrogen-bond acceptors (Lipinski definition) is 9. The molecule has 11 heteroatoms. The van der Waals surface area contributed by atoms with Crippen molar-refractivity contribution in [1.29, 1.82) is 0 Å². The fourth-order valence-corrected chi connectivity index (χ4v) is 12.1. The monoisotopic (exact) mass is 1190 g/mol. The average molecular weight is 1190 g/mol. The Morgan fingerprint density at radius 3 is 1.54 bits per heavy atom. The Kier molecular flexibility index (Phi) is 18.8. The second-order valence-electron chi connectivity index (χ2n) is 21.6. The Bertz CT molecular complexity index is 4510. The number of nitrogens with one attached hydrogen (secondary N) is 2. The third kappa shape index (κ3) is 12.4. The van der Waals surface area contributed by atoms with Crippen LogP contribution in [0, 0.1) is 36.5 Å². The molecule has 2 atom stereocenters. The Balaban J connectivity index is 0.000000156. The van der Waals surface area contributed by atoms with Gasteiger partial charge in [-0.05, 0) is 166 Å². The number of benzene rings is 10. The third-order valence-corrected chi connectivity index (χ3v) is 16.3. The van der Waals surface area contributed by atoms with Crippen LogP contribution in [0.2, 0.25) is 0 Å². The molecule has 1 aliphatic heterocycles. The normalized spacial score (nSPS) is 14.0. The smallest absolute Gasteiger partial charge is 0.221 e. The maximum atomic E-state index is 11.7. The molecular formula is C79H68N2O9. The molecule has 0 aromatic heterocycles. The Morgan fingerprint density at radius 1 is 0.556 bits per heavy atom. The van der Waals surface area contributed by atoms with Crippen LogP contribution >= 0.6 is 0 Å². The Hall–Kier alpha value is -11.2. The minimum Gasteiger partial charge on any atom is -0.508 e. The van der Waals surface area contributed by atoms with Crippen LogP contribution in [-0.4, -0.2) is 50.5 Å². The standard InChI is InChI=1S/C37H31NO4.C20H18O3.C17H15NO2.C5H4/c1-23(39)38-27-16-14-26(15-17-27)37(25-10-5-4-6-11-25)20-19-29-31-21-33(40-2)34(41-3)22-32(31)35-28-12-8-7-9-24(28)13-18-30(35)36(29)42-37;1-22-18-10-13-9-17(21)15-8-7-12-5-3-4-6-14(12)20(15)16(13)11-19(18)23-2;1-3-17(20,14-7-5-4-6-8-14)15-9-11-16(12-10-15)18-13(2)19;1-3-5-4-2/h4-12,14-17,19-22H,13,18H2,1-3H3,(H,38,39);3-6,9-11,21H,7-8H2,1-2H3;1,4-12,20H,2H3,(H,18,19);1H,2H3. The van der Waals surface area contributed by atoms with Crippen molar-refractivity contribution in [2.45, 2.75) is 57.7 Å². The molecule has 448 valence electrons. The highest BCUT2D eigenvalue weighted by molar-refractivity contribution is 6.08. The second-order valence-corrected chi connectivity index (χ2v) is 21.6. The summed E-state index contributed by atoms with van der Waals surface area (Å²) < 4.78 is 29.7. The van der Waals surface area contributed by atoms with Gasteiger partial charge in [-0.25, -0.2) is 0 Å². The Morgan fingerprint density at radius 2 is 1.02 bits per heavy atom. The van der Waals surface area contributed by atoms with Crippen LogP contribution < -0.4 is 34.3 Å². The molecule has 90 heavy (non-hydrogen) atoms. The van der Waals surface area contributed by atoms with E-state index in [4.69, 9.17) is 36.5 Å². The lowest BCUT2D eigenvalue weighted by Crippen LogP contribution is -2.35. The number of anilines is 2. The van der Waals surface area contributed by atoms with Gasteiger partial charge in [0.1, 0.15) is 11.5 Å². The fraction of sp³-hybridized carbons (Fsp3) is 0.165. The van der Waals surface area contributed by atoms with Gasteiger partial charge in [-0.2, -0.15) is 0 Å². The molecule has 10 aromatic carbocycles. The van der Waals surface area contributed by atoms with E-state index in [-0.39, 0.29) is 11.8 Å². The first-order valence-corrected chi connectivity index (χ1v) is 29.4. The quantitative estimate of drug-likeness (QED) is 0.0984. The molecule has 11 nitrogen and oxygen atoms in total. The van der Waals surface area contributed by atoms with Gasteiger partial charge in [-0.3, -0.25) is 9.59 Å². The average Bonchev–Trinajstić information content (AvgIpc) is 0.719. The summed E-state index contributed by atoms with van der Waals surface area (Å²) >= 11 is 0. The lowest BCUT2D eigenvalue weighted by Gasteiger charge is -2.39. The van der Waals surface area contributed by atoms with Gasteiger partial charge in [0.15, 0.2) is 34.2 Å². The van der Waals surface area contributed by atoms with Gasteiger partial charge in [-0.15, -0.1) is 12.8 Å². The molecular weight excluding hydrogens is 1120 g/mol. The maximum Gasteiger partial charge on any atom is 0.221 e. The molecule has 0 bridgehead atoms. The molecule has 2 amide bonds.